The molecule has 1 amide bonds. The summed E-state index contributed by atoms with van der Waals surface area (Å²) >= 11 is 0. The van der Waals surface area contributed by atoms with Crippen molar-refractivity contribution in [2.45, 2.75) is 57.9 Å². The molecule has 0 saturated heterocycles. The highest BCUT2D eigenvalue weighted by molar-refractivity contribution is 5.68. The van der Waals surface area contributed by atoms with Gasteiger partial charge in [-0.2, -0.15) is 0 Å². The van der Waals surface area contributed by atoms with E-state index in [9.17, 15) is 9.90 Å². The first-order valence-electron chi connectivity index (χ1n) is 9.74. The van der Waals surface area contributed by atoms with Crippen LogP contribution < -0.4 is 10.6 Å². The van der Waals surface area contributed by atoms with Crippen molar-refractivity contribution in [2.24, 2.45) is 0 Å². The number of ether oxygens (including phenoxy) is 1. The molecule has 5 heteroatoms. The number of nitrogens with one attached hydrogen (secondary N) is 2. The molecule has 2 aromatic carbocycles. The van der Waals surface area contributed by atoms with E-state index in [0.29, 0.717) is 13.0 Å². The monoisotopic (exact) mass is 384 g/mol. The van der Waals surface area contributed by atoms with Crippen LogP contribution in [0, 0.1) is 0 Å². The third kappa shape index (κ3) is 7.71. The molecule has 0 aromatic heterocycles. The average molecular weight is 385 g/mol. The van der Waals surface area contributed by atoms with Crippen molar-refractivity contribution in [3.8, 4) is 0 Å². The molecule has 0 heterocycles. The topological polar surface area (TPSA) is 70.6 Å². The molecule has 3 N–H and O–H groups in total. The van der Waals surface area contributed by atoms with E-state index < -0.39 is 23.8 Å². The summed E-state index contributed by atoms with van der Waals surface area (Å²) in [6, 6.07) is 19.5. The minimum Gasteiger partial charge on any atom is -0.444 e. The molecule has 0 saturated carbocycles. The average Bonchev–Trinajstić information content (AvgIpc) is 2.65. The van der Waals surface area contributed by atoms with E-state index in [1.165, 1.54) is 0 Å². The largest absolute Gasteiger partial charge is 0.444 e. The molecule has 28 heavy (non-hydrogen) atoms. The number of rotatable bonds is 8. The fourth-order valence-corrected chi connectivity index (χ4v) is 2.91. The van der Waals surface area contributed by atoms with Crippen molar-refractivity contribution in [3.63, 3.8) is 0 Å². The molecule has 0 aliphatic carbocycles. The number of carbonyl (C=O) groups excluding carboxylic acids is 1. The quantitative estimate of drug-likeness (QED) is 0.647. The number of hydrogen-bond donors (Lipinski definition) is 3. The summed E-state index contributed by atoms with van der Waals surface area (Å²) < 4.78 is 5.37. The standard InChI is InChI=1S/C23H32N2O3/c1-17(19-13-9-6-10-14-19)24-16-21(26)20(15-18-11-7-5-8-12-18)25-22(27)28-23(2,3)4/h5-14,17,20-21,24,26H,15-16H2,1-4H3,(H,25,27). The van der Waals surface area contributed by atoms with Gasteiger partial charge in [-0.3, -0.25) is 0 Å². The Morgan fingerprint density at radius 3 is 2.18 bits per heavy atom. The third-order valence-corrected chi connectivity index (χ3v) is 4.40. The van der Waals surface area contributed by atoms with Gasteiger partial charge in [0.2, 0.25) is 0 Å². The van der Waals surface area contributed by atoms with Crippen molar-refractivity contribution in [2.75, 3.05) is 6.54 Å². The van der Waals surface area contributed by atoms with Gasteiger partial charge in [0, 0.05) is 12.6 Å². The number of hydrogen-bond acceptors (Lipinski definition) is 4. The minimum absolute atomic E-state index is 0.0924. The van der Waals surface area contributed by atoms with Crippen LogP contribution >= 0.6 is 0 Å². The molecule has 3 unspecified atom stereocenters. The van der Waals surface area contributed by atoms with Crippen LogP contribution in [0.4, 0.5) is 4.79 Å². The van der Waals surface area contributed by atoms with E-state index >= 15 is 0 Å². The van der Waals surface area contributed by atoms with Crippen LogP contribution in [0.3, 0.4) is 0 Å². The van der Waals surface area contributed by atoms with Gasteiger partial charge in [-0.05, 0) is 45.2 Å². The Morgan fingerprint density at radius 2 is 1.61 bits per heavy atom. The van der Waals surface area contributed by atoms with Crippen molar-refractivity contribution >= 4 is 6.09 Å². The maximum Gasteiger partial charge on any atom is 0.407 e. The van der Waals surface area contributed by atoms with Gasteiger partial charge in [0.15, 0.2) is 0 Å². The number of alkyl carbamates (subject to hydrolysis) is 1. The molecule has 0 aliphatic heterocycles. The van der Waals surface area contributed by atoms with E-state index in [1.807, 2.05) is 81.4 Å². The minimum atomic E-state index is -0.765. The Morgan fingerprint density at radius 1 is 1.04 bits per heavy atom. The summed E-state index contributed by atoms with van der Waals surface area (Å²) in [5.41, 5.74) is 1.60. The molecule has 2 rings (SSSR count). The molecule has 2 aromatic rings. The zero-order valence-electron chi connectivity index (χ0n) is 17.2. The van der Waals surface area contributed by atoms with Crippen LogP contribution in [-0.2, 0) is 11.2 Å². The van der Waals surface area contributed by atoms with Crippen molar-refractivity contribution in [3.05, 3.63) is 71.8 Å². The van der Waals surface area contributed by atoms with E-state index in [-0.39, 0.29) is 6.04 Å². The van der Waals surface area contributed by atoms with Gasteiger partial charge in [-0.25, -0.2) is 4.79 Å². The summed E-state index contributed by atoms with van der Waals surface area (Å²) in [6.45, 7) is 7.85. The maximum absolute atomic E-state index is 12.3. The molecule has 0 aliphatic rings. The first kappa shape index (κ1) is 21.9. The summed E-state index contributed by atoms with van der Waals surface area (Å²) in [5, 5.41) is 17.0. The van der Waals surface area contributed by atoms with Gasteiger partial charge in [0.05, 0.1) is 12.1 Å². The van der Waals surface area contributed by atoms with Gasteiger partial charge in [0.1, 0.15) is 5.60 Å². The molecular formula is C23H32N2O3. The normalized spacial score (nSPS) is 14.8. The lowest BCUT2D eigenvalue weighted by Crippen LogP contribution is -2.50. The van der Waals surface area contributed by atoms with Crippen molar-refractivity contribution in [1.82, 2.24) is 10.6 Å². The molecule has 3 atom stereocenters. The predicted molar refractivity (Wildman–Crippen MR) is 112 cm³/mol. The van der Waals surface area contributed by atoms with E-state index in [2.05, 4.69) is 17.6 Å². The number of carbonyl (C=O) groups is 1. The fraction of sp³-hybridized carbons (Fsp3) is 0.435. The van der Waals surface area contributed by atoms with Crippen LogP contribution in [0.15, 0.2) is 60.7 Å². The predicted octanol–water partition coefficient (Wildman–Crippen LogP) is 3.83. The lowest BCUT2D eigenvalue weighted by molar-refractivity contribution is 0.0420. The number of aliphatic hydroxyl groups excluding tert-OH is 1. The summed E-state index contributed by atoms with van der Waals surface area (Å²) in [4.78, 5) is 12.3. The highest BCUT2D eigenvalue weighted by Gasteiger charge is 2.25. The summed E-state index contributed by atoms with van der Waals surface area (Å²) in [6.07, 6.45) is -0.773. The lowest BCUT2D eigenvalue weighted by atomic mass is 10.0. The highest BCUT2D eigenvalue weighted by atomic mass is 16.6. The SMILES string of the molecule is CC(NCC(O)C(Cc1ccccc1)NC(=O)OC(C)(C)C)c1ccccc1. The Balaban J connectivity index is 2.01. The molecule has 0 fully saturated rings. The van der Waals surface area contributed by atoms with E-state index in [0.717, 1.165) is 11.1 Å². The van der Waals surface area contributed by atoms with Crippen LogP contribution in [-0.4, -0.2) is 35.5 Å². The third-order valence-electron chi connectivity index (χ3n) is 4.40. The Bertz CT molecular complexity index is 714. The summed E-state index contributed by atoms with van der Waals surface area (Å²) in [7, 11) is 0. The Kier molecular flexibility index (Phi) is 8.03. The molecule has 5 nitrogen and oxygen atoms in total. The second kappa shape index (κ2) is 10.2. The second-order valence-corrected chi connectivity index (χ2v) is 8.05. The van der Waals surface area contributed by atoms with E-state index in [1.54, 1.807) is 0 Å². The Labute approximate surface area is 168 Å². The van der Waals surface area contributed by atoms with Crippen LogP contribution in [0.5, 0.6) is 0 Å². The molecule has 0 spiro atoms. The molecular weight excluding hydrogens is 352 g/mol. The van der Waals surface area contributed by atoms with Crippen LogP contribution in [0.2, 0.25) is 0 Å². The zero-order chi connectivity index (χ0) is 20.6. The van der Waals surface area contributed by atoms with Crippen LogP contribution in [0.1, 0.15) is 44.9 Å². The van der Waals surface area contributed by atoms with Crippen LogP contribution in [0.25, 0.3) is 0 Å². The van der Waals surface area contributed by atoms with Crippen molar-refractivity contribution < 1.29 is 14.6 Å². The maximum atomic E-state index is 12.3. The molecule has 152 valence electrons. The van der Waals surface area contributed by atoms with Gasteiger partial charge >= 0.3 is 6.09 Å². The zero-order valence-corrected chi connectivity index (χ0v) is 17.2. The number of aliphatic hydroxyl groups is 1. The molecule has 0 radical (unpaired) electrons. The smallest absolute Gasteiger partial charge is 0.407 e. The first-order valence-corrected chi connectivity index (χ1v) is 9.74. The van der Waals surface area contributed by atoms with Crippen molar-refractivity contribution in [1.29, 1.82) is 0 Å². The van der Waals surface area contributed by atoms with Gasteiger partial charge in [0.25, 0.3) is 0 Å². The second-order valence-electron chi connectivity index (χ2n) is 8.05. The fourth-order valence-electron chi connectivity index (χ4n) is 2.91. The van der Waals surface area contributed by atoms with Gasteiger partial charge in [-0.15, -0.1) is 0 Å². The summed E-state index contributed by atoms with van der Waals surface area (Å²) in [5.74, 6) is 0. The first-order chi connectivity index (χ1) is 13.2. The van der Waals surface area contributed by atoms with Gasteiger partial charge < -0.3 is 20.5 Å². The number of amides is 1. The van der Waals surface area contributed by atoms with E-state index in [4.69, 9.17) is 4.74 Å². The highest BCUT2D eigenvalue weighted by Crippen LogP contribution is 2.13. The Hall–Kier alpha value is -2.37. The lowest BCUT2D eigenvalue weighted by Gasteiger charge is -2.28. The van der Waals surface area contributed by atoms with Gasteiger partial charge in [-0.1, -0.05) is 60.7 Å². The number of benzene rings is 2. The molecule has 0 bridgehead atoms.